The second-order valence-corrected chi connectivity index (χ2v) is 6.46. The van der Waals surface area contributed by atoms with Crippen LogP contribution in [0.1, 0.15) is 23.2 Å². The van der Waals surface area contributed by atoms with Crippen LogP contribution in [-0.2, 0) is 9.59 Å². The molecule has 1 aliphatic carbocycles. The van der Waals surface area contributed by atoms with E-state index in [-0.39, 0.29) is 35.5 Å². The maximum absolute atomic E-state index is 13.2. The molecule has 6 N–H and O–H groups in total. The van der Waals surface area contributed by atoms with Crippen molar-refractivity contribution in [2.24, 2.45) is 5.73 Å². The minimum atomic E-state index is -1.34. The first kappa shape index (κ1) is 20.8. The van der Waals surface area contributed by atoms with Gasteiger partial charge in [-0.2, -0.15) is 0 Å². The third-order valence-corrected chi connectivity index (χ3v) is 4.29. The smallest absolute Gasteiger partial charge is 0.251 e. The third kappa shape index (κ3) is 5.49. The first-order chi connectivity index (χ1) is 12.7. The van der Waals surface area contributed by atoms with Crippen LogP contribution in [0.5, 0.6) is 0 Å². The van der Waals surface area contributed by atoms with E-state index in [9.17, 15) is 29.0 Å². The number of rotatable bonds is 6. The number of primary amides is 1. The summed E-state index contributed by atoms with van der Waals surface area (Å²) in [6.45, 7) is 0.0231. The van der Waals surface area contributed by atoms with Crippen LogP contribution in [0.15, 0.2) is 29.8 Å². The summed E-state index contributed by atoms with van der Waals surface area (Å²) in [4.78, 5) is 35.1. The Morgan fingerprint density at radius 2 is 1.96 bits per heavy atom. The number of nitrogens with two attached hydrogens (primary N) is 1. The second kappa shape index (κ2) is 8.94. The lowest BCUT2D eigenvalue weighted by molar-refractivity contribution is -0.119. The Balaban J connectivity index is 2.10. The lowest BCUT2D eigenvalue weighted by Gasteiger charge is -2.31. The molecule has 3 amide bonds. The molecule has 10 heteroatoms. The van der Waals surface area contributed by atoms with Crippen molar-refractivity contribution in [2.75, 3.05) is 6.54 Å². The zero-order valence-electron chi connectivity index (χ0n) is 14.1. The largest absolute Gasteiger partial charge is 0.390 e. The second-order valence-electron chi connectivity index (χ2n) is 6.05. The van der Waals surface area contributed by atoms with E-state index in [2.05, 4.69) is 10.6 Å². The lowest BCUT2D eigenvalue weighted by Crippen LogP contribution is -2.51. The number of benzene rings is 1. The van der Waals surface area contributed by atoms with E-state index in [1.807, 2.05) is 0 Å². The molecule has 1 aromatic carbocycles. The fraction of sp³-hybridized carbons (Fsp3) is 0.353. The van der Waals surface area contributed by atoms with Gasteiger partial charge in [0.25, 0.3) is 5.91 Å². The zero-order chi connectivity index (χ0) is 20.1. The third-order valence-electron chi connectivity index (χ3n) is 4.00. The van der Waals surface area contributed by atoms with E-state index in [1.165, 1.54) is 12.1 Å². The summed E-state index contributed by atoms with van der Waals surface area (Å²) in [5.41, 5.74) is 5.18. The molecule has 0 heterocycles. The molecule has 0 aromatic heterocycles. The van der Waals surface area contributed by atoms with E-state index < -0.39 is 41.8 Å². The topological polar surface area (TPSA) is 142 Å². The van der Waals surface area contributed by atoms with Crippen LogP contribution in [0.4, 0.5) is 4.39 Å². The monoisotopic (exact) mass is 399 g/mol. The average Bonchev–Trinajstić information content (AvgIpc) is 2.60. The summed E-state index contributed by atoms with van der Waals surface area (Å²) < 4.78 is 13.2. The molecule has 146 valence electrons. The van der Waals surface area contributed by atoms with Crippen molar-refractivity contribution in [3.63, 3.8) is 0 Å². The van der Waals surface area contributed by atoms with Crippen LogP contribution in [0.2, 0.25) is 5.02 Å². The molecule has 0 radical (unpaired) electrons. The Labute approximate surface area is 159 Å². The Hall–Kier alpha value is -2.49. The number of aliphatic hydroxyl groups is 2. The van der Waals surface area contributed by atoms with E-state index in [0.29, 0.717) is 0 Å². The highest BCUT2D eigenvalue weighted by molar-refractivity contribution is 6.31. The van der Waals surface area contributed by atoms with Gasteiger partial charge in [0, 0.05) is 30.5 Å². The molecular weight excluding hydrogens is 381 g/mol. The molecule has 2 rings (SSSR count). The zero-order valence-corrected chi connectivity index (χ0v) is 14.9. The van der Waals surface area contributed by atoms with Crippen LogP contribution in [0.25, 0.3) is 0 Å². The van der Waals surface area contributed by atoms with Crippen molar-refractivity contribution in [1.82, 2.24) is 10.6 Å². The Bertz CT molecular complexity index is 786. The summed E-state index contributed by atoms with van der Waals surface area (Å²) in [5, 5.41) is 24.8. The predicted octanol–water partition coefficient (Wildman–Crippen LogP) is -0.379. The summed E-state index contributed by atoms with van der Waals surface area (Å²) in [6, 6.07) is 2.31. The molecular formula is C17H19ClFN3O5. The maximum atomic E-state index is 13.2. The Morgan fingerprint density at radius 3 is 2.59 bits per heavy atom. The molecule has 1 aromatic rings. The van der Waals surface area contributed by atoms with Gasteiger partial charge in [0.1, 0.15) is 11.9 Å². The van der Waals surface area contributed by atoms with E-state index >= 15 is 0 Å². The Kier molecular flexibility index (Phi) is 6.89. The van der Waals surface area contributed by atoms with Gasteiger partial charge in [0.05, 0.1) is 17.2 Å². The minimum Gasteiger partial charge on any atom is -0.390 e. The number of nitrogens with one attached hydrogen (secondary N) is 2. The molecule has 8 nitrogen and oxygen atoms in total. The standard InChI is InChI=1S/C17H19ClFN3O5/c18-10-5-8(1-2-11(10)19)17(27)22-12-6-9(7-13(23)15(12)25)16(26)21-4-3-14(20)24/h1-2,5-6,12-13,15,23,25H,3-4,7H2,(H2,20,24)(H,21,26)(H,22,27). The molecule has 0 fully saturated rings. The quantitative estimate of drug-likeness (QED) is 0.443. The summed E-state index contributed by atoms with van der Waals surface area (Å²) in [5.74, 6) is -2.48. The predicted molar refractivity (Wildman–Crippen MR) is 94.2 cm³/mol. The van der Waals surface area contributed by atoms with Gasteiger partial charge < -0.3 is 26.6 Å². The number of halogens is 2. The molecule has 3 unspecified atom stereocenters. The van der Waals surface area contributed by atoms with Crippen molar-refractivity contribution in [3.05, 3.63) is 46.3 Å². The minimum absolute atomic E-state index is 0.0231. The molecule has 0 bridgehead atoms. The van der Waals surface area contributed by atoms with Crippen LogP contribution in [-0.4, -0.2) is 52.7 Å². The van der Waals surface area contributed by atoms with Gasteiger partial charge in [0.2, 0.25) is 11.8 Å². The fourth-order valence-corrected chi connectivity index (χ4v) is 2.73. The van der Waals surface area contributed by atoms with Crippen LogP contribution in [0.3, 0.4) is 0 Å². The number of aliphatic hydroxyl groups excluding tert-OH is 2. The van der Waals surface area contributed by atoms with Gasteiger partial charge in [-0.05, 0) is 18.2 Å². The molecule has 27 heavy (non-hydrogen) atoms. The van der Waals surface area contributed by atoms with Crippen molar-refractivity contribution >= 4 is 29.3 Å². The van der Waals surface area contributed by atoms with E-state index in [0.717, 1.165) is 12.1 Å². The number of hydrogen-bond donors (Lipinski definition) is 5. The molecule has 0 spiro atoms. The van der Waals surface area contributed by atoms with Gasteiger partial charge in [-0.3, -0.25) is 14.4 Å². The maximum Gasteiger partial charge on any atom is 0.251 e. The molecule has 1 aliphatic rings. The lowest BCUT2D eigenvalue weighted by atomic mass is 9.90. The first-order valence-electron chi connectivity index (χ1n) is 8.08. The normalized spacial score (nSPS) is 21.9. The molecule has 0 aliphatic heterocycles. The van der Waals surface area contributed by atoms with Gasteiger partial charge in [0.15, 0.2) is 0 Å². The van der Waals surface area contributed by atoms with Crippen molar-refractivity contribution in [2.45, 2.75) is 31.1 Å². The van der Waals surface area contributed by atoms with Gasteiger partial charge in [-0.1, -0.05) is 17.7 Å². The highest BCUT2D eigenvalue weighted by Crippen LogP contribution is 2.21. The highest BCUT2D eigenvalue weighted by Gasteiger charge is 2.33. The SMILES string of the molecule is NC(=O)CCNC(=O)C1=CC(NC(=O)c2ccc(F)c(Cl)c2)C(O)C(O)C1. The number of carbonyl (C=O) groups is 3. The molecule has 3 atom stereocenters. The summed E-state index contributed by atoms with van der Waals surface area (Å²) in [6.07, 6.45) is -1.48. The van der Waals surface area contributed by atoms with Crippen LogP contribution < -0.4 is 16.4 Å². The Morgan fingerprint density at radius 1 is 1.26 bits per heavy atom. The van der Waals surface area contributed by atoms with Crippen molar-refractivity contribution in [3.8, 4) is 0 Å². The molecule has 0 saturated carbocycles. The number of amides is 3. The number of hydrogen-bond acceptors (Lipinski definition) is 5. The van der Waals surface area contributed by atoms with Crippen molar-refractivity contribution in [1.29, 1.82) is 0 Å². The highest BCUT2D eigenvalue weighted by atomic mass is 35.5. The summed E-state index contributed by atoms with van der Waals surface area (Å²) in [7, 11) is 0. The fourth-order valence-electron chi connectivity index (χ4n) is 2.55. The van der Waals surface area contributed by atoms with Crippen LogP contribution in [0, 0.1) is 5.82 Å². The van der Waals surface area contributed by atoms with E-state index in [4.69, 9.17) is 17.3 Å². The average molecular weight is 400 g/mol. The van der Waals surface area contributed by atoms with Crippen LogP contribution >= 0.6 is 11.6 Å². The van der Waals surface area contributed by atoms with E-state index in [1.54, 1.807) is 0 Å². The van der Waals surface area contributed by atoms with Crippen molar-refractivity contribution < 1.29 is 29.0 Å². The number of carbonyl (C=O) groups excluding carboxylic acids is 3. The molecule has 0 saturated heterocycles. The first-order valence-corrected chi connectivity index (χ1v) is 8.46. The van der Waals surface area contributed by atoms with Gasteiger partial charge in [-0.15, -0.1) is 0 Å². The van der Waals surface area contributed by atoms with Gasteiger partial charge >= 0.3 is 0 Å². The van der Waals surface area contributed by atoms with Gasteiger partial charge in [-0.25, -0.2) is 4.39 Å². The summed E-state index contributed by atoms with van der Waals surface area (Å²) >= 11 is 5.65.